The third kappa shape index (κ3) is 4.76. The van der Waals surface area contributed by atoms with Gasteiger partial charge in [-0.3, -0.25) is 9.59 Å². The van der Waals surface area contributed by atoms with Crippen molar-refractivity contribution < 1.29 is 18.4 Å². The van der Waals surface area contributed by atoms with Crippen molar-refractivity contribution in [2.24, 2.45) is 5.92 Å². The summed E-state index contributed by atoms with van der Waals surface area (Å²) in [5.41, 5.74) is -0.223. The molecular weight excluding hydrogens is 350 g/mol. The molecule has 0 saturated carbocycles. The first-order valence-corrected chi connectivity index (χ1v) is 7.98. The van der Waals surface area contributed by atoms with Gasteiger partial charge in [0, 0.05) is 10.7 Å². The van der Waals surface area contributed by atoms with Crippen LogP contribution in [0.25, 0.3) is 0 Å². The van der Waals surface area contributed by atoms with Gasteiger partial charge in [-0.15, -0.1) is 0 Å². The normalized spacial score (nSPS) is 11.9. The topological polar surface area (TPSA) is 58.2 Å². The molecule has 0 radical (unpaired) electrons. The molecule has 2 aromatic rings. The van der Waals surface area contributed by atoms with Crippen molar-refractivity contribution >= 4 is 29.1 Å². The Bertz CT molecular complexity index is 759. The molecule has 0 aliphatic carbocycles. The second-order valence-corrected chi connectivity index (χ2v) is 6.22. The second kappa shape index (κ2) is 8.07. The van der Waals surface area contributed by atoms with Crippen molar-refractivity contribution in [2.75, 3.05) is 5.32 Å². The van der Waals surface area contributed by atoms with Crippen LogP contribution < -0.4 is 10.6 Å². The summed E-state index contributed by atoms with van der Waals surface area (Å²) in [6.07, 6.45) is 0. The van der Waals surface area contributed by atoms with E-state index in [4.69, 9.17) is 11.6 Å². The number of benzene rings is 2. The van der Waals surface area contributed by atoms with Gasteiger partial charge in [-0.1, -0.05) is 31.5 Å². The highest BCUT2D eigenvalue weighted by Gasteiger charge is 2.27. The van der Waals surface area contributed by atoms with Gasteiger partial charge in [0.25, 0.3) is 5.91 Å². The highest BCUT2D eigenvalue weighted by Crippen LogP contribution is 2.16. The quantitative estimate of drug-likeness (QED) is 0.840. The Morgan fingerprint density at radius 2 is 1.56 bits per heavy atom. The lowest BCUT2D eigenvalue weighted by Gasteiger charge is -2.22. The Kier molecular flexibility index (Phi) is 6.09. The van der Waals surface area contributed by atoms with Gasteiger partial charge in [-0.2, -0.15) is 0 Å². The zero-order chi connectivity index (χ0) is 18.6. The van der Waals surface area contributed by atoms with Crippen LogP contribution in [0, 0.1) is 17.6 Å². The molecule has 25 heavy (non-hydrogen) atoms. The van der Waals surface area contributed by atoms with Crippen LogP contribution in [-0.2, 0) is 4.79 Å². The molecule has 0 aromatic heterocycles. The predicted molar refractivity (Wildman–Crippen MR) is 92.5 cm³/mol. The smallest absolute Gasteiger partial charge is 0.257 e. The Morgan fingerprint density at radius 3 is 2.08 bits per heavy atom. The molecule has 0 saturated heterocycles. The summed E-state index contributed by atoms with van der Waals surface area (Å²) >= 11 is 5.79. The molecule has 2 rings (SSSR count). The molecule has 0 unspecified atom stereocenters. The summed E-state index contributed by atoms with van der Waals surface area (Å²) in [6, 6.07) is 8.58. The van der Waals surface area contributed by atoms with Crippen LogP contribution in [0.1, 0.15) is 24.2 Å². The van der Waals surface area contributed by atoms with E-state index in [0.717, 1.165) is 18.2 Å². The minimum atomic E-state index is -0.988. The molecule has 2 amide bonds. The number of hydrogen-bond acceptors (Lipinski definition) is 2. The first-order valence-electron chi connectivity index (χ1n) is 7.61. The van der Waals surface area contributed by atoms with Crippen LogP contribution in [0.5, 0.6) is 0 Å². The lowest BCUT2D eigenvalue weighted by atomic mass is 10.0. The van der Waals surface area contributed by atoms with E-state index in [0.29, 0.717) is 10.7 Å². The summed E-state index contributed by atoms with van der Waals surface area (Å²) in [6.45, 7) is 3.42. The zero-order valence-electron chi connectivity index (χ0n) is 13.6. The van der Waals surface area contributed by atoms with Gasteiger partial charge in [0.15, 0.2) is 0 Å². The maximum Gasteiger partial charge on any atom is 0.257 e. The summed E-state index contributed by atoms with van der Waals surface area (Å²) in [7, 11) is 0. The van der Waals surface area contributed by atoms with E-state index >= 15 is 0 Å². The lowest BCUT2D eigenvalue weighted by Crippen LogP contribution is -2.47. The number of halogens is 3. The molecule has 7 heteroatoms. The van der Waals surface area contributed by atoms with Crippen molar-refractivity contribution in [3.8, 4) is 0 Å². The van der Waals surface area contributed by atoms with Crippen LogP contribution >= 0.6 is 11.6 Å². The van der Waals surface area contributed by atoms with E-state index < -0.39 is 35.1 Å². The highest BCUT2D eigenvalue weighted by molar-refractivity contribution is 6.30. The van der Waals surface area contributed by atoms with Crippen LogP contribution in [0.2, 0.25) is 5.02 Å². The van der Waals surface area contributed by atoms with Gasteiger partial charge in [-0.25, -0.2) is 8.78 Å². The van der Waals surface area contributed by atoms with Crippen molar-refractivity contribution in [1.29, 1.82) is 0 Å². The first-order chi connectivity index (χ1) is 11.8. The van der Waals surface area contributed by atoms with E-state index in [1.165, 1.54) is 0 Å². The third-order valence-electron chi connectivity index (χ3n) is 3.54. The van der Waals surface area contributed by atoms with Crippen molar-refractivity contribution in [2.45, 2.75) is 19.9 Å². The highest BCUT2D eigenvalue weighted by atomic mass is 35.5. The zero-order valence-corrected chi connectivity index (χ0v) is 14.4. The Balaban J connectivity index is 2.16. The fourth-order valence-corrected chi connectivity index (χ4v) is 2.34. The van der Waals surface area contributed by atoms with Crippen molar-refractivity contribution in [1.82, 2.24) is 5.32 Å². The molecule has 0 fully saturated rings. The van der Waals surface area contributed by atoms with E-state index in [9.17, 15) is 18.4 Å². The molecule has 0 bridgehead atoms. The predicted octanol–water partition coefficient (Wildman–Crippen LogP) is 4.01. The molecule has 0 aliphatic rings. The molecule has 4 nitrogen and oxygen atoms in total. The fraction of sp³-hybridized carbons (Fsp3) is 0.222. The third-order valence-corrected chi connectivity index (χ3v) is 3.79. The van der Waals surface area contributed by atoms with E-state index in [1.54, 1.807) is 38.1 Å². The molecule has 2 N–H and O–H groups in total. The summed E-state index contributed by atoms with van der Waals surface area (Å²) in [5, 5.41) is 5.54. The average molecular weight is 367 g/mol. The molecule has 132 valence electrons. The van der Waals surface area contributed by atoms with Gasteiger partial charge in [0.2, 0.25) is 5.91 Å². The van der Waals surface area contributed by atoms with Crippen LogP contribution in [-0.4, -0.2) is 17.9 Å². The number of rotatable bonds is 5. The van der Waals surface area contributed by atoms with Gasteiger partial charge in [0.1, 0.15) is 23.2 Å². The van der Waals surface area contributed by atoms with Crippen LogP contribution in [0.3, 0.4) is 0 Å². The Hall–Kier alpha value is -2.47. The van der Waals surface area contributed by atoms with Gasteiger partial charge >= 0.3 is 0 Å². The van der Waals surface area contributed by atoms with Crippen molar-refractivity contribution in [3.05, 3.63) is 64.7 Å². The summed E-state index contributed by atoms with van der Waals surface area (Å²) in [5.74, 6) is -3.76. The molecule has 2 aromatic carbocycles. The largest absolute Gasteiger partial charge is 0.340 e. The second-order valence-electron chi connectivity index (χ2n) is 5.79. The molecule has 0 spiro atoms. The number of amides is 2. The van der Waals surface area contributed by atoms with Crippen molar-refractivity contribution in [3.63, 3.8) is 0 Å². The molecule has 0 aliphatic heterocycles. The fourth-order valence-electron chi connectivity index (χ4n) is 2.22. The number of hydrogen-bond donors (Lipinski definition) is 2. The summed E-state index contributed by atoms with van der Waals surface area (Å²) in [4.78, 5) is 24.6. The minimum absolute atomic E-state index is 0.300. The molecular formula is C18H17ClF2N2O2. The monoisotopic (exact) mass is 366 g/mol. The Morgan fingerprint density at radius 1 is 1.00 bits per heavy atom. The first kappa shape index (κ1) is 18.9. The maximum absolute atomic E-state index is 13.7. The van der Waals surface area contributed by atoms with E-state index in [2.05, 4.69) is 10.6 Å². The molecule has 0 heterocycles. The number of carbonyl (C=O) groups excluding carboxylic acids is 2. The SMILES string of the molecule is CC(C)[C@H](NC(=O)c1c(F)cccc1F)C(=O)Nc1ccc(Cl)cc1. The summed E-state index contributed by atoms with van der Waals surface area (Å²) < 4.78 is 27.4. The lowest BCUT2D eigenvalue weighted by molar-refractivity contribution is -0.118. The maximum atomic E-state index is 13.7. The minimum Gasteiger partial charge on any atom is -0.340 e. The average Bonchev–Trinajstić information content (AvgIpc) is 2.54. The number of anilines is 1. The molecule has 1 atom stereocenters. The van der Waals surface area contributed by atoms with E-state index in [1.807, 2.05) is 0 Å². The standard InChI is InChI=1S/C18H17ClF2N2O2/c1-10(2)16(18(25)22-12-8-6-11(19)7-9-12)23-17(24)15-13(20)4-3-5-14(15)21/h3-10,16H,1-2H3,(H,22,25)(H,23,24)/t16-/m0/s1. The van der Waals surface area contributed by atoms with Gasteiger partial charge in [0.05, 0.1) is 0 Å². The van der Waals surface area contributed by atoms with Crippen LogP contribution in [0.4, 0.5) is 14.5 Å². The van der Waals surface area contributed by atoms with E-state index in [-0.39, 0.29) is 5.92 Å². The van der Waals surface area contributed by atoms with Crippen LogP contribution in [0.15, 0.2) is 42.5 Å². The Labute approximate surface area is 149 Å². The van der Waals surface area contributed by atoms with Gasteiger partial charge in [-0.05, 0) is 42.3 Å². The number of nitrogens with one attached hydrogen (secondary N) is 2. The number of carbonyl (C=O) groups is 2. The van der Waals surface area contributed by atoms with Gasteiger partial charge < -0.3 is 10.6 Å².